The van der Waals surface area contributed by atoms with Crippen LogP contribution < -0.4 is 10.6 Å². The topological polar surface area (TPSA) is 52.7 Å². The Morgan fingerprint density at radius 1 is 1.29 bits per heavy atom. The third-order valence-electron chi connectivity index (χ3n) is 3.10. The normalized spacial score (nSPS) is 13.4. The van der Waals surface area contributed by atoms with Crippen LogP contribution >= 0.6 is 0 Å². The number of para-hydroxylation sites is 1. The van der Waals surface area contributed by atoms with Crippen LogP contribution in [0.25, 0.3) is 0 Å². The smallest absolute Gasteiger partial charge is 0.120 e. The fourth-order valence-corrected chi connectivity index (χ4v) is 2.27. The summed E-state index contributed by atoms with van der Waals surface area (Å²) < 4.78 is 0. The molecule has 1 aromatic heterocycles. The average molecular weight is 228 g/mol. The summed E-state index contributed by atoms with van der Waals surface area (Å²) in [5.41, 5.74) is 4.09. The van der Waals surface area contributed by atoms with Gasteiger partial charge in [-0.25, -0.2) is 4.98 Å². The summed E-state index contributed by atoms with van der Waals surface area (Å²) in [6.45, 7) is 2.71. The highest BCUT2D eigenvalue weighted by Crippen LogP contribution is 2.26. The van der Waals surface area contributed by atoms with E-state index in [9.17, 15) is 0 Å². The van der Waals surface area contributed by atoms with E-state index < -0.39 is 0 Å². The van der Waals surface area contributed by atoms with Crippen molar-refractivity contribution in [1.29, 1.82) is 0 Å². The summed E-state index contributed by atoms with van der Waals surface area (Å²) in [4.78, 5) is 7.27. The molecule has 0 radical (unpaired) electrons. The molecule has 88 valence electrons. The van der Waals surface area contributed by atoms with Gasteiger partial charge in [0.2, 0.25) is 0 Å². The molecule has 4 heteroatoms. The molecule has 0 aliphatic carbocycles. The number of benzene rings is 1. The van der Waals surface area contributed by atoms with Gasteiger partial charge in [-0.1, -0.05) is 18.2 Å². The summed E-state index contributed by atoms with van der Waals surface area (Å²) >= 11 is 0. The summed E-state index contributed by atoms with van der Waals surface area (Å²) in [5, 5.41) is 6.85. The molecule has 17 heavy (non-hydrogen) atoms. The summed E-state index contributed by atoms with van der Waals surface area (Å²) in [6.07, 6.45) is 4.76. The van der Waals surface area contributed by atoms with Gasteiger partial charge in [-0.15, -0.1) is 0 Å². The van der Waals surface area contributed by atoms with Gasteiger partial charge in [0.25, 0.3) is 0 Å². The van der Waals surface area contributed by atoms with Crippen molar-refractivity contribution in [3.8, 4) is 0 Å². The molecule has 0 saturated heterocycles. The largest absolute Gasteiger partial charge is 0.384 e. The first kappa shape index (κ1) is 10.4. The number of hydrogen-bond acceptors (Lipinski definition) is 3. The molecule has 0 spiro atoms. The molecule has 1 aliphatic heterocycles. The standard InChI is InChI=1S/C13H16N4/c1-2-10-4-5-17-13(10)11(3-1)8-14-9-12-15-6-7-16-12/h1-3,6-7,14,17H,4-5,8-9H2,(H,15,16). The second-order valence-corrected chi connectivity index (χ2v) is 4.27. The number of nitrogens with one attached hydrogen (secondary N) is 3. The minimum Gasteiger partial charge on any atom is -0.384 e. The maximum Gasteiger partial charge on any atom is 0.120 e. The van der Waals surface area contributed by atoms with Crippen molar-refractivity contribution in [3.05, 3.63) is 47.5 Å². The summed E-state index contributed by atoms with van der Waals surface area (Å²) in [6, 6.07) is 6.51. The predicted molar refractivity (Wildman–Crippen MR) is 67.8 cm³/mol. The molecule has 0 saturated carbocycles. The molecule has 0 atom stereocenters. The number of aromatic amines is 1. The van der Waals surface area contributed by atoms with Gasteiger partial charge in [-0.2, -0.15) is 0 Å². The van der Waals surface area contributed by atoms with Gasteiger partial charge >= 0.3 is 0 Å². The van der Waals surface area contributed by atoms with E-state index in [0.29, 0.717) is 0 Å². The van der Waals surface area contributed by atoms with Crippen molar-refractivity contribution in [2.45, 2.75) is 19.5 Å². The molecular formula is C13H16N4. The molecule has 0 bridgehead atoms. The van der Waals surface area contributed by atoms with Gasteiger partial charge in [0.1, 0.15) is 5.82 Å². The molecule has 0 unspecified atom stereocenters. The lowest BCUT2D eigenvalue weighted by molar-refractivity contribution is 0.669. The third kappa shape index (κ3) is 2.17. The molecule has 2 heterocycles. The maximum atomic E-state index is 4.19. The molecule has 4 nitrogen and oxygen atoms in total. The van der Waals surface area contributed by atoms with Gasteiger partial charge < -0.3 is 15.6 Å². The molecular weight excluding hydrogens is 212 g/mol. The Labute approximate surface area is 100 Å². The second kappa shape index (κ2) is 4.59. The highest BCUT2D eigenvalue weighted by molar-refractivity contribution is 5.61. The Balaban J connectivity index is 1.64. The fourth-order valence-electron chi connectivity index (χ4n) is 2.27. The number of anilines is 1. The number of rotatable bonds is 4. The van der Waals surface area contributed by atoms with Crippen LogP contribution in [0.3, 0.4) is 0 Å². The van der Waals surface area contributed by atoms with Gasteiger partial charge in [0.15, 0.2) is 0 Å². The zero-order valence-corrected chi connectivity index (χ0v) is 9.66. The van der Waals surface area contributed by atoms with E-state index >= 15 is 0 Å². The predicted octanol–water partition coefficient (Wildman–Crippen LogP) is 1.67. The van der Waals surface area contributed by atoms with Crippen LogP contribution in [0, 0.1) is 0 Å². The minimum atomic E-state index is 0.774. The van der Waals surface area contributed by atoms with E-state index in [1.165, 1.54) is 16.8 Å². The Kier molecular flexibility index (Phi) is 2.80. The van der Waals surface area contributed by atoms with E-state index in [2.05, 4.69) is 38.8 Å². The fraction of sp³-hybridized carbons (Fsp3) is 0.308. The lowest BCUT2D eigenvalue weighted by Gasteiger charge is -2.09. The Hall–Kier alpha value is -1.81. The van der Waals surface area contributed by atoms with Crippen molar-refractivity contribution in [2.24, 2.45) is 0 Å². The number of aromatic nitrogens is 2. The molecule has 0 fully saturated rings. The highest BCUT2D eigenvalue weighted by Gasteiger charge is 2.12. The number of H-pyrrole nitrogens is 1. The van der Waals surface area contributed by atoms with Crippen LogP contribution in [0.5, 0.6) is 0 Å². The number of fused-ring (bicyclic) bond motifs is 1. The Morgan fingerprint density at radius 3 is 3.18 bits per heavy atom. The van der Waals surface area contributed by atoms with Gasteiger partial charge in [0.05, 0.1) is 6.54 Å². The van der Waals surface area contributed by atoms with Gasteiger partial charge in [0, 0.05) is 31.2 Å². The first-order chi connectivity index (χ1) is 8.43. The van der Waals surface area contributed by atoms with E-state index in [4.69, 9.17) is 0 Å². The molecule has 3 N–H and O–H groups in total. The van der Waals surface area contributed by atoms with Crippen molar-refractivity contribution in [3.63, 3.8) is 0 Å². The van der Waals surface area contributed by atoms with Gasteiger partial charge in [-0.05, 0) is 17.5 Å². The van der Waals surface area contributed by atoms with Crippen molar-refractivity contribution >= 4 is 5.69 Å². The lowest BCUT2D eigenvalue weighted by Crippen LogP contribution is -2.14. The first-order valence-electron chi connectivity index (χ1n) is 5.97. The number of imidazole rings is 1. The quantitative estimate of drug-likeness (QED) is 0.746. The minimum absolute atomic E-state index is 0.774. The van der Waals surface area contributed by atoms with E-state index in [1.54, 1.807) is 6.20 Å². The van der Waals surface area contributed by atoms with Gasteiger partial charge in [-0.3, -0.25) is 0 Å². The average Bonchev–Trinajstić information content (AvgIpc) is 2.99. The van der Waals surface area contributed by atoms with Crippen molar-refractivity contribution in [2.75, 3.05) is 11.9 Å². The SMILES string of the molecule is c1cc2c(c(CNCc3ncc[nH]3)c1)NCC2. The molecule has 3 rings (SSSR count). The van der Waals surface area contributed by atoms with Crippen molar-refractivity contribution < 1.29 is 0 Å². The second-order valence-electron chi connectivity index (χ2n) is 4.27. The first-order valence-corrected chi connectivity index (χ1v) is 5.97. The Morgan fingerprint density at radius 2 is 2.29 bits per heavy atom. The lowest BCUT2D eigenvalue weighted by atomic mass is 10.1. The number of hydrogen-bond donors (Lipinski definition) is 3. The maximum absolute atomic E-state index is 4.19. The molecule has 1 aliphatic rings. The van der Waals surface area contributed by atoms with Crippen LogP contribution in [0.2, 0.25) is 0 Å². The molecule has 0 amide bonds. The molecule has 1 aromatic carbocycles. The Bertz CT molecular complexity index is 490. The van der Waals surface area contributed by atoms with Crippen molar-refractivity contribution in [1.82, 2.24) is 15.3 Å². The van der Waals surface area contributed by atoms with Crippen LogP contribution in [0.4, 0.5) is 5.69 Å². The van der Waals surface area contributed by atoms with Crippen LogP contribution in [-0.2, 0) is 19.5 Å². The van der Waals surface area contributed by atoms with Crippen LogP contribution in [0.1, 0.15) is 17.0 Å². The highest BCUT2D eigenvalue weighted by atomic mass is 15.0. The summed E-state index contributed by atoms with van der Waals surface area (Å²) in [5.74, 6) is 0.977. The monoisotopic (exact) mass is 228 g/mol. The number of nitrogens with zero attached hydrogens (tertiary/aromatic N) is 1. The third-order valence-corrected chi connectivity index (χ3v) is 3.10. The van der Waals surface area contributed by atoms with Crippen LogP contribution in [-0.4, -0.2) is 16.5 Å². The zero-order valence-electron chi connectivity index (χ0n) is 9.66. The molecule has 2 aromatic rings. The van der Waals surface area contributed by atoms with Crippen LogP contribution in [0.15, 0.2) is 30.6 Å². The summed E-state index contributed by atoms with van der Waals surface area (Å²) in [7, 11) is 0. The zero-order chi connectivity index (χ0) is 11.5. The van der Waals surface area contributed by atoms with E-state index in [-0.39, 0.29) is 0 Å². The van der Waals surface area contributed by atoms with E-state index in [0.717, 1.165) is 31.9 Å². The van der Waals surface area contributed by atoms with E-state index in [1.807, 2.05) is 6.20 Å².